The van der Waals surface area contributed by atoms with Gasteiger partial charge < -0.3 is 10.1 Å². The van der Waals surface area contributed by atoms with E-state index >= 15 is 0 Å². The molecule has 1 rings (SSSR count). The molecule has 17 heavy (non-hydrogen) atoms. The van der Waals surface area contributed by atoms with Crippen molar-refractivity contribution in [3.63, 3.8) is 0 Å². The molecule has 0 fully saturated rings. The Morgan fingerprint density at radius 2 is 2.29 bits per heavy atom. The molecule has 1 aromatic heterocycles. The first-order valence-electron chi connectivity index (χ1n) is 6.44. The van der Waals surface area contributed by atoms with Gasteiger partial charge in [-0.1, -0.05) is 20.8 Å². The van der Waals surface area contributed by atoms with Crippen LogP contribution in [0.15, 0.2) is 5.38 Å². The summed E-state index contributed by atoms with van der Waals surface area (Å²) in [5.74, 6) is 0.768. The lowest BCUT2D eigenvalue weighted by Crippen LogP contribution is -2.11. The number of aromatic nitrogens is 1. The van der Waals surface area contributed by atoms with Gasteiger partial charge in [-0.2, -0.15) is 0 Å². The molecule has 0 aliphatic rings. The van der Waals surface area contributed by atoms with E-state index in [1.165, 1.54) is 6.42 Å². The fourth-order valence-electron chi connectivity index (χ4n) is 1.50. The highest BCUT2D eigenvalue weighted by Gasteiger charge is 2.01. The van der Waals surface area contributed by atoms with E-state index in [4.69, 9.17) is 4.74 Å². The summed E-state index contributed by atoms with van der Waals surface area (Å²) in [5.41, 5.74) is 1.06. The number of rotatable bonds is 9. The Hall–Kier alpha value is -0.450. The lowest BCUT2D eigenvalue weighted by atomic mass is 10.1. The molecule has 0 aromatic carbocycles. The minimum absolute atomic E-state index is 0.653. The van der Waals surface area contributed by atoms with Crippen molar-refractivity contribution in [1.82, 2.24) is 10.3 Å². The molecule has 0 spiro atoms. The van der Waals surface area contributed by atoms with Gasteiger partial charge in [0, 0.05) is 18.5 Å². The van der Waals surface area contributed by atoms with Crippen molar-refractivity contribution in [3.05, 3.63) is 16.1 Å². The van der Waals surface area contributed by atoms with Crippen LogP contribution in [0.5, 0.6) is 0 Å². The molecule has 0 saturated heterocycles. The van der Waals surface area contributed by atoms with E-state index in [0.717, 1.165) is 42.7 Å². The van der Waals surface area contributed by atoms with Gasteiger partial charge in [-0.15, -0.1) is 11.3 Å². The lowest BCUT2D eigenvalue weighted by molar-refractivity contribution is 0.112. The minimum Gasteiger partial charge on any atom is -0.375 e. The van der Waals surface area contributed by atoms with Crippen molar-refractivity contribution in [3.8, 4) is 0 Å². The monoisotopic (exact) mass is 256 g/mol. The normalized spacial score (nSPS) is 11.3. The minimum atomic E-state index is 0.653. The molecule has 0 unspecified atom stereocenters. The second-order valence-electron chi connectivity index (χ2n) is 4.60. The van der Waals surface area contributed by atoms with Crippen LogP contribution in [0.1, 0.15) is 44.3 Å². The third-order valence-electron chi connectivity index (χ3n) is 2.45. The molecule has 0 aliphatic carbocycles. The molecule has 98 valence electrons. The highest BCUT2D eigenvalue weighted by Crippen LogP contribution is 2.11. The number of ether oxygens (including phenoxy) is 1. The molecule has 1 N–H and O–H groups in total. The number of hydrogen-bond donors (Lipinski definition) is 1. The number of nitrogens with zero attached hydrogens (tertiary/aromatic N) is 1. The van der Waals surface area contributed by atoms with Crippen LogP contribution in [0.25, 0.3) is 0 Å². The molecule has 0 radical (unpaired) electrons. The Labute approximate surface area is 109 Å². The summed E-state index contributed by atoms with van der Waals surface area (Å²) in [6.45, 7) is 9.95. The van der Waals surface area contributed by atoms with E-state index in [-0.39, 0.29) is 0 Å². The van der Waals surface area contributed by atoms with Crippen molar-refractivity contribution in [2.24, 2.45) is 5.92 Å². The van der Waals surface area contributed by atoms with Crippen LogP contribution in [0.2, 0.25) is 0 Å². The van der Waals surface area contributed by atoms with E-state index in [1.54, 1.807) is 11.3 Å². The largest absolute Gasteiger partial charge is 0.375 e. The summed E-state index contributed by atoms with van der Waals surface area (Å²) in [7, 11) is 0. The predicted molar refractivity (Wildman–Crippen MR) is 73.2 cm³/mol. The van der Waals surface area contributed by atoms with Crippen LogP contribution >= 0.6 is 11.3 Å². The highest BCUT2D eigenvalue weighted by atomic mass is 32.1. The molecule has 3 nitrogen and oxygen atoms in total. The average molecular weight is 256 g/mol. The zero-order valence-electron chi connectivity index (χ0n) is 11.2. The van der Waals surface area contributed by atoms with E-state index in [9.17, 15) is 0 Å². The Morgan fingerprint density at radius 1 is 1.47 bits per heavy atom. The van der Waals surface area contributed by atoms with Crippen LogP contribution in [0, 0.1) is 5.92 Å². The summed E-state index contributed by atoms with van der Waals surface area (Å²) in [5, 5.41) is 6.51. The maximum Gasteiger partial charge on any atom is 0.107 e. The van der Waals surface area contributed by atoms with Gasteiger partial charge in [0.05, 0.1) is 12.3 Å². The quantitative estimate of drug-likeness (QED) is 0.689. The van der Waals surface area contributed by atoms with Crippen LogP contribution < -0.4 is 5.32 Å². The van der Waals surface area contributed by atoms with Crippen molar-refractivity contribution in [1.29, 1.82) is 0 Å². The first-order chi connectivity index (χ1) is 8.22. The second-order valence-corrected chi connectivity index (χ2v) is 5.54. The standard InChI is InChI=1S/C13H24N2OS/c1-4-14-8-13-15-12(10-17-13)9-16-7-5-6-11(2)3/h10-11,14H,4-9H2,1-3H3. The lowest BCUT2D eigenvalue weighted by Gasteiger charge is -2.04. The Kier molecular flexibility index (Phi) is 7.40. The van der Waals surface area contributed by atoms with Crippen LogP contribution in [0.3, 0.4) is 0 Å². The summed E-state index contributed by atoms with van der Waals surface area (Å²) < 4.78 is 5.61. The Bertz CT molecular complexity index is 299. The molecule has 1 aromatic rings. The van der Waals surface area contributed by atoms with Crippen molar-refractivity contribution in [2.45, 2.75) is 46.8 Å². The first kappa shape index (κ1) is 14.6. The number of thiazole rings is 1. The van der Waals surface area contributed by atoms with Gasteiger partial charge in [0.1, 0.15) is 5.01 Å². The van der Waals surface area contributed by atoms with Gasteiger partial charge in [-0.25, -0.2) is 4.98 Å². The Balaban J connectivity index is 2.12. The average Bonchev–Trinajstić information content (AvgIpc) is 2.73. The molecule has 0 saturated carbocycles. The van der Waals surface area contributed by atoms with Gasteiger partial charge in [0.15, 0.2) is 0 Å². The van der Waals surface area contributed by atoms with Crippen molar-refractivity contribution in [2.75, 3.05) is 13.2 Å². The zero-order valence-corrected chi connectivity index (χ0v) is 12.0. The second kappa shape index (κ2) is 8.61. The third kappa shape index (κ3) is 6.76. The third-order valence-corrected chi connectivity index (χ3v) is 3.34. The van der Waals surface area contributed by atoms with Gasteiger partial charge in [0.2, 0.25) is 0 Å². The molecule has 0 amide bonds. The summed E-state index contributed by atoms with van der Waals surface area (Å²) >= 11 is 1.70. The topological polar surface area (TPSA) is 34.2 Å². The van der Waals surface area contributed by atoms with Gasteiger partial charge in [0.25, 0.3) is 0 Å². The molecular weight excluding hydrogens is 232 g/mol. The van der Waals surface area contributed by atoms with E-state index in [0.29, 0.717) is 6.61 Å². The molecule has 0 atom stereocenters. The zero-order chi connectivity index (χ0) is 12.5. The summed E-state index contributed by atoms with van der Waals surface area (Å²) in [6, 6.07) is 0. The maximum absolute atomic E-state index is 5.61. The predicted octanol–water partition coefficient (Wildman–Crippen LogP) is 3.21. The first-order valence-corrected chi connectivity index (χ1v) is 7.32. The van der Waals surface area contributed by atoms with Crippen LogP contribution in [0.4, 0.5) is 0 Å². The van der Waals surface area contributed by atoms with E-state index < -0.39 is 0 Å². The summed E-state index contributed by atoms with van der Waals surface area (Å²) in [6.07, 6.45) is 2.38. The van der Waals surface area contributed by atoms with Crippen LogP contribution in [-0.4, -0.2) is 18.1 Å². The molecule has 4 heteroatoms. The fraction of sp³-hybridized carbons (Fsp3) is 0.769. The van der Waals surface area contributed by atoms with Crippen molar-refractivity contribution >= 4 is 11.3 Å². The van der Waals surface area contributed by atoms with Crippen LogP contribution in [-0.2, 0) is 17.9 Å². The fourth-order valence-corrected chi connectivity index (χ4v) is 2.25. The summed E-state index contributed by atoms with van der Waals surface area (Å²) in [4.78, 5) is 4.51. The molecule has 0 aliphatic heterocycles. The van der Waals surface area contributed by atoms with E-state index in [1.807, 2.05) is 0 Å². The van der Waals surface area contributed by atoms with E-state index in [2.05, 4.69) is 36.5 Å². The highest BCUT2D eigenvalue weighted by molar-refractivity contribution is 7.09. The van der Waals surface area contributed by atoms with Gasteiger partial charge >= 0.3 is 0 Å². The molecule has 1 heterocycles. The molecule has 0 bridgehead atoms. The van der Waals surface area contributed by atoms with Gasteiger partial charge in [-0.05, 0) is 25.3 Å². The SMILES string of the molecule is CCNCc1nc(COCCCC(C)C)cs1. The van der Waals surface area contributed by atoms with Crippen molar-refractivity contribution < 1.29 is 4.74 Å². The smallest absolute Gasteiger partial charge is 0.107 e. The molecular formula is C13H24N2OS. The van der Waals surface area contributed by atoms with Gasteiger partial charge in [-0.3, -0.25) is 0 Å². The maximum atomic E-state index is 5.61. The Morgan fingerprint density at radius 3 is 3.00 bits per heavy atom. The number of hydrogen-bond acceptors (Lipinski definition) is 4. The number of nitrogens with one attached hydrogen (secondary N) is 1.